The lowest BCUT2D eigenvalue weighted by molar-refractivity contribution is -0.128. The number of halogens is 1. The summed E-state index contributed by atoms with van der Waals surface area (Å²) in [6.07, 6.45) is 0. The molecule has 0 spiro atoms. The van der Waals surface area contributed by atoms with Gasteiger partial charge in [-0.1, -0.05) is 11.6 Å². The van der Waals surface area contributed by atoms with Gasteiger partial charge in [0, 0.05) is 33.1 Å². The zero-order chi connectivity index (χ0) is 18.3. The standard InChI is InChI=1S/C15H24ClN3O4S/c1-12(20)19(10-9-18(2)3)8-7-17-24(21,22)13-5-6-15(23-4)14(16)11-13/h5-6,11,17H,7-10H2,1-4H3. The molecule has 7 nitrogen and oxygen atoms in total. The number of carbonyl (C=O) groups is 1. The van der Waals surface area contributed by atoms with Crippen molar-refractivity contribution in [3.8, 4) is 5.75 Å². The molecule has 0 heterocycles. The lowest BCUT2D eigenvalue weighted by Crippen LogP contribution is -2.40. The Kier molecular flexibility index (Phi) is 7.95. The summed E-state index contributed by atoms with van der Waals surface area (Å²) in [7, 11) is 1.58. The second-order valence-corrected chi connectivity index (χ2v) is 7.68. The molecular formula is C15H24ClN3O4S. The number of benzene rings is 1. The molecule has 24 heavy (non-hydrogen) atoms. The van der Waals surface area contributed by atoms with Crippen LogP contribution in [0.25, 0.3) is 0 Å². The summed E-state index contributed by atoms with van der Waals surface area (Å²) < 4.78 is 32.0. The monoisotopic (exact) mass is 377 g/mol. The van der Waals surface area contributed by atoms with Gasteiger partial charge in [0.2, 0.25) is 15.9 Å². The number of sulfonamides is 1. The summed E-state index contributed by atoms with van der Waals surface area (Å²) >= 11 is 5.96. The Bertz CT molecular complexity index is 665. The van der Waals surface area contributed by atoms with Crippen molar-refractivity contribution >= 4 is 27.5 Å². The van der Waals surface area contributed by atoms with E-state index in [-0.39, 0.29) is 22.4 Å². The lowest BCUT2D eigenvalue weighted by atomic mass is 10.3. The molecule has 0 saturated heterocycles. The molecule has 0 atom stereocenters. The van der Waals surface area contributed by atoms with E-state index in [1.165, 1.54) is 32.2 Å². The fourth-order valence-electron chi connectivity index (χ4n) is 1.96. The van der Waals surface area contributed by atoms with Gasteiger partial charge in [-0.2, -0.15) is 0 Å². The fraction of sp³-hybridized carbons (Fsp3) is 0.533. The van der Waals surface area contributed by atoms with Crippen molar-refractivity contribution in [2.75, 3.05) is 47.4 Å². The van der Waals surface area contributed by atoms with Crippen molar-refractivity contribution in [1.82, 2.24) is 14.5 Å². The average molecular weight is 378 g/mol. The molecule has 1 amide bonds. The van der Waals surface area contributed by atoms with Gasteiger partial charge < -0.3 is 14.5 Å². The third kappa shape index (κ3) is 6.27. The quantitative estimate of drug-likeness (QED) is 0.695. The summed E-state index contributed by atoms with van der Waals surface area (Å²) in [5, 5.41) is 0.219. The Balaban J connectivity index is 2.67. The minimum atomic E-state index is -3.70. The van der Waals surface area contributed by atoms with Crippen LogP contribution in [0, 0.1) is 0 Å². The van der Waals surface area contributed by atoms with Crippen molar-refractivity contribution < 1.29 is 17.9 Å². The van der Waals surface area contributed by atoms with Crippen LogP contribution in [0.4, 0.5) is 0 Å². The summed E-state index contributed by atoms with van der Waals surface area (Å²) in [4.78, 5) is 15.2. The minimum Gasteiger partial charge on any atom is -0.495 e. The fourth-order valence-corrected chi connectivity index (χ4v) is 3.33. The van der Waals surface area contributed by atoms with Gasteiger partial charge in [0.25, 0.3) is 0 Å². The third-order valence-electron chi connectivity index (χ3n) is 3.37. The van der Waals surface area contributed by atoms with E-state index in [0.29, 0.717) is 25.4 Å². The molecule has 9 heteroatoms. The maximum atomic E-state index is 12.3. The van der Waals surface area contributed by atoms with Crippen LogP contribution >= 0.6 is 11.6 Å². The van der Waals surface area contributed by atoms with E-state index in [1.807, 2.05) is 19.0 Å². The Labute approximate surface area is 148 Å². The second kappa shape index (κ2) is 9.22. The van der Waals surface area contributed by atoms with Crippen LogP contribution in [0.2, 0.25) is 5.02 Å². The first-order valence-electron chi connectivity index (χ1n) is 7.41. The zero-order valence-corrected chi connectivity index (χ0v) is 15.9. The van der Waals surface area contributed by atoms with Crippen LogP contribution in [0.1, 0.15) is 6.92 Å². The molecule has 0 radical (unpaired) electrons. The second-order valence-electron chi connectivity index (χ2n) is 5.50. The molecule has 1 N–H and O–H groups in total. The lowest BCUT2D eigenvalue weighted by Gasteiger charge is -2.23. The SMILES string of the molecule is COc1ccc(S(=O)(=O)NCCN(CCN(C)C)C(C)=O)cc1Cl. The predicted octanol–water partition coefficient (Wildman–Crippen LogP) is 1.04. The third-order valence-corrected chi connectivity index (χ3v) is 5.12. The number of nitrogens with zero attached hydrogens (tertiary/aromatic N) is 2. The Morgan fingerprint density at radius 2 is 1.92 bits per heavy atom. The summed E-state index contributed by atoms with van der Waals surface area (Å²) in [6, 6.07) is 4.25. The molecule has 0 aromatic heterocycles. The molecule has 0 bridgehead atoms. The number of rotatable bonds is 9. The molecule has 1 aromatic carbocycles. The summed E-state index contributed by atoms with van der Waals surface area (Å²) in [5.41, 5.74) is 0. The van der Waals surface area contributed by atoms with E-state index in [1.54, 1.807) is 4.90 Å². The first-order chi connectivity index (χ1) is 11.2. The molecule has 1 rings (SSSR count). The number of methoxy groups -OCH3 is 1. The smallest absolute Gasteiger partial charge is 0.240 e. The number of amides is 1. The van der Waals surface area contributed by atoms with Crippen LogP contribution in [-0.2, 0) is 14.8 Å². The van der Waals surface area contributed by atoms with Crippen LogP contribution in [-0.4, -0.2) is 71.5 Å². The first-order valence-corrected chi connectivity index (χ1v) is 9.27. The van der Waals surface area contributed by atoms with Gasteiger partial charge in [0.1, 0.15) is 5.75 Å². The average Bonchev–Trinajstić information content (AvgIpc) is 2.49. The highest BCUT2D eigenvalue weighted by Gasteiger charge is 2.17. The molecule has 0 saturated carbocycles. The van der Waals surface area contributed by atoms with Crippen molar-refractivity contribution in [3.05, 3.63) is 23.2 Å². The molecule has 0 aliphatic carbocycles. The van der Waals surface area contributed by atoms with E-state index < -0.39 is 10.0 Å². The highest BCUT2D eigenvalue weighted by molar-refractivity contribution is 7.89. The van der Waals surface area contributed by atoms with E-state index in [2.05, 4.69) is 4.72 Å². The zero-order valence-electron chi connectivity index (χ0n) is 14.4. The first kappa shape index (κ1) is 20.7. The molecule has 0 unspecified atom stereocenters. The highest BCUT2D eigenvalue weighted by atomic mass is 35.5. The van der Waals surface area contributed by atoms with Crippen LogP contribution in [0.15, 0.2) is 23.1 Å². The molecule has 0 aliphatic heterocycles. The van der Waals surface area contributed by atoms with Crippen molar-refractivity contribution in [2.24, 2.45) is 0 Å². The maximum absolute atomic E-state index is 12.3. The topological polar surface area (TPSA) is 79.0 Å². The highest BCUT2D eigenvalue weighted by Crippen LogP contribution is 2.26. The molecular weight excluding hydrogens is 354 g/mol. The van der Waals surface area contributed by atoms with Gasteiger partial charge >= 0.3 is 0 Å². The van der Waals surface area contributed by atoms with E-state index in [0.717, 1.165) is 0 Å². The summed E-state index contributed by atoms with van der Waals surface area (Å²) in [6.45, 7) is 3.14. The van der Waals surface area contributed by atoms with Gasteiger partial charge in [0.05, 0.1) is 17.0 Å². The van der Waals surface area contributed by atoms with Gasteiger partial charge in [-0.05, 0) is 32.3 Å². The Morgan fingerprint density at radius 3 is 2.42 bits per heavy atom. The van der Waals surface area contributed by atoms with Gasteiger partial charge in [0.15, 0.2) is 0 Å². The van der Waals surface area contributed by atoms with Crippen molar-refractivity contribution in [2.45, 2.75) is 11.8 Å². The van der Waals surface area contributed by atoms with Crippen molar-refractivity contribution in [1.29, 1.82) is 0 Å². The molecule has 0 aliphatic rings. The van der Waals surface area contributed by atoms with Crippen LogP contribution in [0.3, 0.4) is 0 Å². The number of hydrogen-bond donors (Lipinski definition) is 1. The van der Waals surface area contributed by atoms with Crippen LogP contribution < -0.4 is 9.46 Å². The van der Waals surface area contributed by atoms with Gasteiger partial charge in [-0.25, -0.2) is 13.1 Å². The number of likely N-dealkylation sites (N-methyl/N-ethyl adjacent to an activating group) is 1. The number of hydrogen-bond acceptors (Lipinski definition) is 5. The van der Waals surface area contributed by atoms with Crippen LogP contribution in [0.5, 0.6) is 5.75 Å². The van der Waals surface area contributed by atoms with Gasteiger partial charge in [-0.3, -0.25) is 4.79 Å². The van der Waals surface area contributed by atoms with Gasteiger partial charge in [-0.15, -0.1) is 0 Å². The predicted molar refractivity (Wildman–Crippen MR) is 94.0 cm³/mol. The van der Waals surface area contributed by atoms with E-state index >= 15 is 0 Å². The Hall–Kier alpha value is -1.35. The normalized spacial score (nSPS) is 11.6. The molecule has 1 aromatic rings. The number of nitrogens with one attached hydrogen (secondary N) is 1. The minimum absolute atomic E-state index is 0.0518. The van der Waals surface area contributed by atoms with E-state index in [4.69, 9.17) is 16.3 Å². The van der Waals surface area contributed by atoms with Crippen molar-refractivity contribution in [3.63, 3.8) is 0 Å². The largest absolute Gasteiger partial charge is 0.495 e. The van der Waals surface area contributed by atoms with E-state index in [9.17, 15) is 13.2 Å². The summed E-state index contributed by atoms with van der Waals surface area (Å²) in [5.74, 6) is 0.311. The maximum Gasteiger partial charge on any atom is 0.240 e. The molecule has 0 fully saturated rings. The Morgan fingerprint density at radius 1 is 1.25 bits per heavy atom. The number of carbonyl (C=O) groups excluding carboxylic acids is 1. The number of ether oxygens (including phenoxy) is 1. The molecule has 136 valence electrons.